The van der Waals surface area contributed by atoms with Gasteiger partial charge in [0.15, 0.2) is 5.92 Å². The third kappa shape index (κ3) is 3.09. The van der Waals surface area contributed by atoms with Crippen molar-refractivity contribution >= 4 is 17.6 Å². The van der Waals surface area contributed by atoms with Crippen LogP contribution in [0.4, 0.5) is 5.69 Å². The van der Waals surface area contributed by atoms with Gasteiger partial charge in [-0.15, -0.1) is 0 Å². The van der Waals surface area contributed by atoms with Crippen LogP contribution in [0.2, 0.25) is 0 Å². The fraction of sp³-hybridized carbons (Fsp3) is 0.0667. The fourth-order valence-corrected chi connectivity index (χ4v) is 2.03. The first-order valence-corrected chi connectivity index (χ1v) is 6.20. The summed E-state index contributed by atoms with van der Waals surface area (Å²) in [5, 5.41) is 28.4. The first kappa shape index (κ1) is 15.2. The lowest BCUT2D eigenvalue weighted by molar-refractivity contribution is -0.384. The van der Waals surface area contributed by atoms with E-state index in [2.05, 4.69) is 0 Å². The van der Waals surface area contributed by atoms with Crippen LogP contribution >= 0.6 is 0 Å². The molecule has 0 aliphatic rings. The highest BCUT2D eigenvalue weighted by Gasteiger charge is 2.27. The summed E-state index contributed by atoms with van der Waals surface area (Å²) in [6.45, 7) is 0. The predicted octanol–water partition coefficient (Wildman–Crippen LogP) is 2.51. The molecule has 0 radical (unpaired) electrons. The van der Waals surface area contributed by atoms with Gasteiger partial charge in [-0.1, -0.05) is 24.3 Å². The topological polar surface area (TPSA) is 118 Å². The summed E-state index contributed by atoms with van der Waals surface area (Å²) >= 11 is 0. The number of non-ortho nitro benzene ring substituents is 1. The number of benzene rings is 2. The largest absolute Gasteiger partial charge is 0.480 e. The smallest absolute Gasteiger partial charge is 0.322 e. The molecule has 2 aromatic rings. The van der Waals surface area contributed by atoms with Crippen molar-refractivity contribution in [3.63, 3.8) is 0 Å². The Kier molecular flexibility index (Phi) is 4.17. The lowest BCUT2D eigenvalue weighted by Crippen LogP contribution is -2.20. The van der Waals surface area contributed by atoms with Gasteiger partial charge in [0.05, 0.1) is 4.92 Å². The molecule has 112 valence electrons. The van der Waals surface area contributed by atoms with E-state index in [1.54, 1.807) is 24.3 Å². The molecule has 0 fully saturated rings. The van der Waals surface area contributed by atoms with E-state index in [0.29, 0.717) is 11.1 Å². The van der Waals surface area contributed by atoms with E-state index in [4.69, 9.17) is 10.2 Å². The van der Waals surface area contributed by atoms with Crippen LogP contribution in [-0.2, 0) is 9.59 Å². The monoisotopic (exact) mass is 301 g/mol. The molecule has 0 unspecified atom stereocenters. The van der Waals surface area contributed by atoms with Gasteiger partial charge < -0.3 is 10.2 Å². The number of nitro groups is 1. The maximum absolute atomic E-state index is 11.0. The molecule has 0 saturated carbocycles. The Hall–Kier alpha value is -3.22. The Balaban J connectivity index is 2.30. The third-order valence-electron chi connectivity index (χ3n) is 3.15. The molecule has 22 heavy (non-hydrogen) atoms. The normalized spacial score (nSPS) is 10.4. The molecule has 0 amide bonds. The van der Waals surface area contributed by atoms with E-state index in [0.717, 1.165) is 0 Å². The van der Waals surface area contributed by atoms with E-state index >= 15 is 0 Å². The van der Waals surface area contributed by atoms with Gasteiger partial charge in [0.2, 0.25) is 0 Å². The van der Waals surface area contributed by atoms with E-state index < -0.39 is 22.8 Å². The van der Waals surface area contributed by atoms with Crippen molar-refractivity contribution in [2.24, 2.45) is 0 Å². The highest BCUT2D eigenvalue weighted by molar-refractivity contribution is 5.99. The van der Waals surface area contributed by atoms with Crippen molar-refractivity contribution in [1.29, 1.82) is 0 Å². The zero-order valence-electron chi connectivity index (χ0n) is 11.2. The van der Waals surface area contributed by atoms with Crippen LogP contribution in [-0.4, -0.2) is 27.1 Å². The van der Waals surface area contributed by atoms with Crippen molar-refractivity contribution in [1.82, 2.24) is 0 Å². The van der Waals surface area contributed by atoms with Crippen molar-refractivity contribution in [2.75, 3.05) is 0 Å². The van der Waals surface area contributed by atoms with Crippen molar-refractivity contribution in [3.8, 4) is 11.1 Å². The molecule has 2 aromatic carbocycles. The van der Waals surface area contributed by atoms with Crippen LogP contribution in [0.1, 0.15) is 11.5 Å². The summed E-state index contributed by atoms with van der Waals surface area (Å²) in [6.07, 6.45) is 0. The minimum atomic E-state index is -1.62. The Labute approximate surface area is 124 Å². The van der Waals surface area contributed by atoms with Gasteiger partial charge in [-0.05, 0) is 28.8 Å². The molecule has 7 heteroatoms. The minimum Gasteiger partial charge on any atom is -0.480 e. The number of rotatable bonds is 5. The Bertz CT molecular complexity index is 707. The zero-order valence-corrected chi connectivity index (χ0v) is 11.2. The Morgan fingerprint density at radius 3 is 1.64 bits per heavy atom. The predicted molar refractivity (Wildman–Crippen MR) is 76.5 cm³/mol. The molecule has 0 saturated heterocycles. The second-order valence-electron chi connectivity index (χ2n) is 4.54. The lowest BCUT2D eigenvalue weighted by atomic mass is 9.96. The van der Waals surface area contributed by atoms with E-state index in [1.807, 2.05) is 0 Å². The number of nitrogens with zero attached hydrogens (tertiary/aromatic N) is 1. The van der Waals surface area contributed by atoms with Gasteiger partial charge in [0.25, 0.3) is 5.69 Å². The number of carboxylic acids is 2. The van der Waals surface area contributed by atoms with Crippen LogP contribution in [0.3, 0.4) is 0 Å². The van der Waals surface area contributed by atoms with Gasteiger partial charge in [-0.25, -0.2) is 0 Å². The third-order valence-corrected chi connectivity index (χ3v) is 3.15. The fourth-order valence-electron chi connectivity index (χ4n) is 2.03. The van der Waals surface area contributed by atoms with Gasteiger partial charge in [-0.3, -0.25) is 19.7 Å². The molecule has 2 N–H and O–H groups in total. The van der Waals surface area contributed by atoms with Crippen molar-refractivity contribution < 1.29 is 24.7 Å². The van der Waals surface area contributed by atoms with Crippen LogP contribution in [0, 0.1) is 10.1 Å². The number of nitro benzene ring substituents is 1. The van der Waals surface area contributed by atoms with Gasteiger partial charge in [0.1, 0.15) is 0 Å². The SMILES string of the molecule is O=C(O)C(C(=O)O)c1ccc(-c2ccc([N+](=O)[O-])cc2)cc1. The molecule has 0 aliphatic carbocycles. The van der Waals surface area contributed by atoms with Gasteiger partial charge in [0, 0.05) is 12.1 Å². The number of carboxylic acid groups (broad SMARTS) is 2. The number of aliphatic carboxylic acids is 2. The Morgan fingerprint density at radius 2 is 1.27 bits per heavy atom. The first-order valence-electron chi connectivity index (χ1n) is 6.20. The maximum atomic E-state index is 11.0. The molecular formula is C15H11NO6. The lowest BCUT2D eigenvalue weighted by Gasteiger charge is -2.09. The van der Waals surface area contributed by atoms with Crippen LogP contribution < -0.4 is 0 Å². The summed E-state index contributed by atoms with van der Waals surface area (Å²) in [5.74, 6) is -4.49. The number of hydrogen-bond acceptors (Lipinski definition) is 4. The maximum Gasteiger partial charge on any atom is 0.322 e. The second-order valence-corrected chi connectivity index (χ2v) is 4.54. The summed E-state index contributed by atoms with van der Waals surface area (Å²) in [5.41, 5.74) is 1.54. The molecule has 0 aromatic heterocycles. The average Bonchev–Trinajstić information content (AvgIpc) is 2.47. The van der Waals surface area contributed by atoms with E-state index in [9.17, 15) is 19.7 Å². The average molecular weight is 301 g/mol. The quantitative estimate of drug-likeness (QED) is 0.497. The second kappa shape index (κ2) is 6.04. The summed E-state index contributed by atoms with van der Waals surface area (Å²) in [7, 11) is 0. The van der Waals surface area contributed by atoms with E-state index in [-0.39, 0.29) is 11.3 Å². The standard InChI is InChI=1S/C15H11NO6/c17-14(18)13(15(19)20)11-3-1-9(2-4-11)10-5-7-12(8-6-10)16(21)22/h1-8,13H,(H,17,18)(H,19,20). The highest BCUT2D eigenvalue weighted by atomic mass is 16.6. The highest BCUT2D eigenvalue weighted by Crippen LogP contribution is 2.25. The Morgan fingerprint density at radius 1 is 0.864 bits per heavy atom. The molecule has 0 bridgehead atoms. The molecule has 0 aliphatic heterocycles. The van der Waals surface area contributed by atoms with Gasteiger partial charge >= 0.3 is 11.9 Å². The number of hydrogen-bond donors (Lipinski definition) is 2. The first-order chi connectivity index (χ1) is 10.4. The van der Waals surface area contributed by atoms with Crippen LogP contribution in [0.25, 0.3) is 11.1 Å². The molecule has 0 spiro atoms. The summed E-state index contributed by atoms with van der Waals surface area (Å²) in [4.78, 5) is 32.0. The molecular weight excluding hydrogens is 290 g/mol. The van der Waals surface area contributed by atoms with Gasteiger partial charge in [-0.2, -0.15) is 0 Å². The van der Waals surface area contributed by atoms with Crippen molar-refractivity contribution in [2.45, 2.75) is 5.92 Å². The summed E-state index contributed by atoms with van der Waals surface area (Å²) in [6, 6.07) is 11.9. The van der Waals surface area contributed by atoms with Crippen molar-refractivity contribution in [3.05, 3.63) is 64.2 Å². The van der Waals surface area contributed by atoms with Crippen LogP contribution in [0.5, 0.6) is 0 Å². The molecule has 2 rings (SSSR count). The van der Waals surface area contributed by atoms with Crippen LogP contribution in [0.15, 0.2) is 48.5 Å². The molecule has 0 atom stereocenters. The zero-order chi connectivity index (χ0) is 16.3. The molecule has 0 heterocycles. The molecule has 7 nitrogen and oxygen atoms in total. The summed E-state index contributed by atoms with van der Waals surface area (Å²) < 4.78 is 0. The van der Waals surface area contributed by atoms with E-state index in [1.165, 1.54) is 24.3 Å². The number of carbonyl (C=O) groups is 2. The minimum absolute atomic E-state index is 0.0304.